The van der Waals surface area contributed by atoms with Crippen LogP contribution in [0.4, 0.5) is 5.82 Å². The molecule has 1 N–H and O–H groups in total. The molecule has 0 saturated carbocycles. The summed E-state index contributed by atoms with van der Waals surface area (Å²) in [4.78, 5) is 30.7. The third-order valence-corrected chi connectivity index (χ3v) is 3.37. The quantitative estimate of drug-likeness (QED) is 0.896. The number of pyridine rings is 1. The van der Waals surface area contributed by atoms with Gasteiger partial charge < -0.3 is 14.9 Å². The van der Waals surface area contributed by atoms with Crippen LogP contribution in [0.15, 0.2) is 18.2 Å². The summed E-state index contributed by atoms with van der Waals surface area (Å²) in [6.07, 6.45) is 1.45. The van der Waals surface area contributed by atoms with E-state index in [4.69, 9.17) is 5.11 Å². The van der Waals surface area contributed by atoms with E-state index in [0.717, 1.165) is 6.42 Å². The third kappa shape index (κ3) is 3.26. The van der Waals surface area contributed by atoms with Crippen molar-refractivity contribution >= 4 is 17.7 Å². The molecular weight excluding hydrogens is 258 g/mol. The first-order valence-electron chi connectivity index (χ1n) is 6.85. The Labute approximate surface area is 118 Å². The van der Waals surface area contributed by atoms with Crippen LogP contribution in [0, 0.1) is 0 Å². The Bertz CT molecular complexity index is 496. The molecule has 1 saturated heterocycles. The van der Waals surface area contributed by atoms with Crippen LogP contribution in [-0.4, -0.2) is 53.0 Å². The molecule has 108 valence electrons. The minimum atomic E-state index is -1.02. The van der Waals surface area contributed by atoms with Gasteiger partial charge >= 0.3 is 5.97 Å². The van der Waals surface area contributed by atoms with Crippen molar-refractivity contribution in [3.63, 3.8) is 0 Å². The molecule has 1 amide bonds. The van der Waals surface area contributed by atoms with Crippen molar-refractivity contribution in [2.75, 3.05) is 31.1 Å². The molecule has 1 aliphatic rings. The SMILES string of the molecule is CCCC(=O)N1CCN(c2cccc(C(=O)O)n2)CC1. The summed E-state index contributed by atoms with van der Waals surface area (Å²) < 4.78 is 0. The predicted molar refractivity (Wildman–Crippen MR) is 74.9 cm³/mol. The number of nitrogens with zero attached hydrogens (tertiary/aromatic N) is 3. The number of carbonyl (C=O) groups is 2. The average Bonchev–Trinajstić information content (AvgIpc) is 2.48. The Morgan fingerprint density at radius 2 is 1.95 bits per heavy atom. The lowest BCUT2D eigenvalue weighted by Gasteiger charge is -2.35. The van der Waals surface area contributed by atoms with E-state index < -0.39 is 5.97 Å². The fourth-order valence-electron chi connectivity index (χ4n) is 2.28. The largest absolute Gasteiger partial charge is 0.477 e. The van der Waals surface area contributed by atoms with Gasteiger partial charge in [0.05, 0.1) is 0 Å². The van der Waals surface area contributed by atoms with Crippen LogP contribution < -0.4 is 4.90 Å². The van der Waals surface area contributed by atoms with E-state index in [9.17, 15) is 9.59 Å². The molecule has 0 bridgehead atoms. The highest BCUT2D eigenvalue weighted by molar-refractivity contribution is 5.85. The third-order valence-electron chi connectivity index (χ3n) is 3.37. The van der Waals surface area contributed by atoms with Gasteiger partial charge in [-0.1, -0.05) is 13.0 Å². The van der Waals surface area contributed by atoms with Gasteiger partial charge in [-0.25, -0.2) is 9.78 Å². The lowest BCUT2D eigenvalue weighted by molar-refractivity contribution is -0.131. The van der Waals surface area contributed by atoms with Crippen LogP contribution in [0.2, 0.25) is 0 Å². The molecule has 2 heterocycles. The zero-order chi connectivity index (χ0) is 14.5. The second-order valence-electron chi connectivity index (χ2n) is 4.80. The van der Waals surface area contributed by atoms with Gasteiger partial charge in [-0.05, 0) is 18.6 Å². The molecule has 0 aliphatic carbocycles. The topological polar surface area (TPSA) is 73.7 Å². The maximum Gasteiger partial charge on any atom is 0.354 e. The number of carbonyl (C=O) groups excluding carboxylic acids is 1. The molecule has 0 radical (unpaired) electrons. The highest BCUT2D eigenvalue weighted by Gasteiger charge is 2.21. The maximum absolute atomic E-state index is 11.8. The molecule has 0 aromatic carbocycles. The molecule has 20 heavy (non-hydrogen) atoms. The number of carboxylic acids is 1. The number of amides is 1. The summed E-state index contributed by atoms with van der Waals surface area (Å²) in [7, 11) is 0. The fraction of sp³-hybridized carbons (Fsp3) is 0.500. The minimum absolute atomic E-state index is 0.0481. The minimum Gasteiger partial charge on any atom is -0.477 e. The second kappa shape index (κ2) is 6.36. The lowest BCUT2D eigenvalue weighted by Crippen LogP contribution is -2.49. The molecule has 1 aliphatic heterocycles. The van der Waals surface area contributed by atoms with Crippen LogP contribution in [0.25, 0.3) is 0 Å². The van der Waals surface area contributed by atoms with E-state index in [0.29, 0.717) is 38.4 Å². The molecule has 6 heteroatoms. The lowest BCUT2D eigenvalue weighted by atomic mass is 10.2. The first kappa shape index (κ1) is 14.3. The number of hydrogen-bond donors (Lipinski definition) is 1. The molecule has 2 rings (SSSR count). The van der Waals surface area contributed by atoms with Gasteiger partial charge in [-0.3, -0.25) is 4.79 Å². The van der Waals surface area contributed by atoms with E-state index in [1.165, 1.54) is 6.07 Å². The number of aromatic nitrogens is 1. The second-order valence-corrected chi connectivity index (χ2v) is 4.80. The van der Waals surface area contributed by atoms with Gasteiger partial charge in [0.2, 0.25) is 5.91 Å². The van der Waals surface area contributed by atoms with Crippen LogP contribution in [0.1, 0.15) is 30.3 Å². The smallest absolute Gasteiger partial charge is 0.354 e. The summed E-state index contributed by atoms with van der Waals surface area (Å²) in [5.41, 5.74) is 0.0481. The van der Waals surface area contributed by atoms with E-state index in [-0.39, 0.29) is 11.6 Å². The summed E-state index contributed by atoms with van der Waals surface area (Å²) in [6.45, 7) is 4.70. The number of aromatic carboxylic acids is 1. The summed E-state index contributed by atoms with van der Waals surface area (Å²) in [6, 6.07) is 4.98. The Balaban J connectivity index is 1.98. The van der Waals surface area contributed by atoms with E-state index in [1.807, 2.05) is 16.7 Å². The zero-order valence-corrected chi connectivity index (χ0v) is 11.6. The van der Waals surface area contributed by atoms with Gasteiger partial charge in [0, 0.05) is 32.6 Å². The van der Waals surface area contributed by atoms with Gasteiger partial charge in [0.25, 0.3) is 0 Å². The van der Waals surface area contributed by atoms with E-state index in [2.05, 4.69) is 4.98 Å². The van der Waals surface area contributed by atoms with Crippen molar-refractivity contribution in [2.45, 2.75) is 19.8 Å². The van der Waals surface area contributed by atoms with Crippen LogP contribution >= 0.6 is 0 Å². The normalized spacial score (nSPS) is 15.2. The average molecular weight is 277 g/mol. The van der Waals surface area contributed by atoms with E-state index >= 15 is 0 Å². The highest BCUT2D eigenvalue weighted by Crippen LogP contribution is 2.15. The van der Waals surface area contributed by atoms with Crippen molar-refractivity contribution in [1.29, 1.82) is 0 Å². The Hall–Kier alpha value is -2.11. The summed E-state index contributed by atoms with van der Waals surface area (Å²) in [5.74, 6) is -0.171. The Morgan fingerprint density at radius 1 is 1.25 bits per heavy atom. The summed E-state index contributed by atoms with van der Waals surface area (Å²) >= 11 is 0. The van der Waals surface area contributed by atoms with Crippen molar-refractivity contribution in [2.24, 2.45) is 0 Å². The van der Waals surface area contributed by atoms with Crippen LogP contribution in [-0.2, 0) is 4.79 Å². The molecule has 1 aromatic rings. The first-order chi connectivity index (χ1) is 9.61. The molecule has 1 fully saturated rings. The number of anilines is 1. The molecule has 0 spiro atoms. The molecule has 6 nitrogen and oxygen atoms in total. The number of hydrogen-bond acceptors (Lipinski definition) is 4. The van der Waals surface area contributed by atoms with Crippen LogP contribution in [0.5, 0.6) is 0 Å². The van der Waals surface area contributed by atoms with Gasteiger partial charge in [-0.15, -0.1) is 0 Å². The molecule has 0 atom stereocenters. The van der Waals surface area contributed by atoms with Gasteiger partial charge in [-0.2, -0.15) is 0 Å². The number of piperazine rings is 1. The standard InChI is InChI=1S/C14H19N3O3/c1-2-4-13(18)17-9-7-16(8-10-17)12-6-3-5-11(15-12)14(19)20/h3,5-6H,2,4,7-10H2,1H3,(H,19,20). The van der Waals surface area contributed by atoms with Gasteiger partial charge in [0.1, 0.15) is 5.82 Å². The first-order valence-corrected chi connectivity index (χ1v) is 6.85. The maximum atomic E-state index is 11.8. The van der Waals surface area contributed by atoms with Crippen LogP contribution in [0.3, 0.4) is 0 Å². The van der Waals surface area contributed by atoms with Crippen molar-refractivity contribution in [3.8, 4) is 0 Å². The van der Waals surface area contributed by atoms with Gasteiger partial charge in [0.15, 0.2) is 5.69 Å². The Kier molecular flexibility index (Phi) is 4.55. The fourth-order valence-corrected chi connectivity index (χ4v) is 2.28. The number of carboxylic acid groups (broad SMARTS) is 1. The monoisotopic (exact) mass is 277 g/mol. The number of rotatable bonds is 4. The molecular formula is C14H19N3O3. The van der Waals surface area contributed by atoms with E-state index in [1.54, 1.807) is 12.1 Å². The Morgan fingerprint density at radius 3 is 2.55 bits per heavy atom. The summed E-state index contributed by atoms with van der Waals surface area (Å²) in [5, 5.41) is 8.95. The zero-order valence-electron chi connectivity index (χ0n) is 11.6. The van der Waals surface area contributed by atoms with Crippen molar-refractivity contribution in [3.05, 3.63) is 23.9 Å². The van der Waals surface area contributed by atoms with Crippen molar-refractivity contribution in [1.82, 2.24) is 9.88 Å². The molecule has 1 aromatic heterocycles. The molecule has 0 unspecified atom stereocenters. The van der Waals surface area contributed by atoms with Crippen molar-refractivity contribution < 1.29 is 14.7 Å². The predicted octanol–water partition coefficient (Wildman–Crippen LogP) is 1.23. The highest BCUT2D eigenvalue weighted by atomic mass is 16.4.